The highest BCUT2D eigenvalue weighted by atomic mass is 32.2. The van der Waals surface area contributed by atoms with Crippen molar-refractivity contribution in [3.63, 3.8) is 0 Å². The van der Waals surface area contributed by atoms with Gasteiger partial charge in [-0.25, -0.2) is 0 Å². The van der Waals surface area contributed by atoms with Gasteiger partial charge in [0.1, 0.15) is 0 Å². The van der Waals surface area contributed by atoms with Crippen LogP contribution in [0.15, 0.2) is 23.0 Å². The molecule has 0 spiro atoms. The molecule has 3 heteroatoms. The summed E-state index contributed by atoms with van der Waals surface area (Å²) in [6.07, 6.45) is 5.25. The van der Waals surface area contributed by atoms with Gasteiger partial charge in [-0.15, -0.1) is 0 Å². The summed E-state index contributed by atoms with van der Waals surface area (Å²) in [5.74, 6) is 1.18. The molecular formula is C9H12O2S. The lowest BCUT2D eigenvalue weighted by Gasteiger charge is -2.14. The van der Waals surface area contributed by atoms with Crippen molar-refractivity contribution in [3.8, 4) is 0 Å². The first kappa shape index (κ1) is 8.20. The van der Waals surface area contributed by atoms with Crippen molar-refractivity contribution in [2.45, 2.75) is 24.2 Å². The van der Waals surface area contributed by atoms with E-state index in [9.17, 15) is 5.11 Å². The van der Waals surface area contributed by atoms with Crippen LogP contribution in [0, 0.1) is 0 Å². The van der Waals surface area contributed by atoms with E-state index in [-0.39, 0.29) is 6.10 Å². The van der Waals surface area contributed by atoms with Crippen molar-refractivity contribution in [1.29, 1.82) is 0 Å². The molecule has 0 aromatic carbocycles. The lowest BCUT2D eigenvalue weighted by atomic mass is 10.1. The molecule has 0 saturated carbocycles. The molecule has 66 valence electrons. The zero-order valence-electron chi connectivity index (χ0n) is 6.77. The standard InChI is InChI=1S/C9H12O2S/c10-9(7-3-4-11-6-7)8-2-1-5-12-8/h3-4,6,8-10H,1-2,5H2. The monoisotopic (exact) mass is 184 g/mol. The van der Waals surface area contributed by atoms with Gasteiger partial charge in [0.2, 0.25) is 0 Å². The minimum absolute atomic E-state index is 0.337. The zero-order valence-corrected chi connectivity index (χ0v) is 7.59. The topological polar surface area (TPSA) is 33.4 Å². The van der Waals surface area contributed by atoms with Gasteiger partial charge in [-0.1, -0.05) is 0 Å². The number of aliphatic hydroxyl groups excluding tert-OH is 1. The molecule has 1 aromatic rings. The van der Waals surface area contributed by atoms with Gasteiger partial charge >= 0.3 is 0 Å². The maximum absolute atomic E-state index is 9.83. The normalized spacial score (nSPS) is 25.9. The Morgan fingerprint density at radius 3 is 3.17 bits per heavy atom. The van der Waals surface area contributed by atoms with E-state index >= 15 is 0 Å². The number of aliphatic hydroxyl groups is 1. The molecule has 12 heavy (non-hydrogen) atoms. The van der Waals surface area contributed by atoms with Gasteiger partial charge in [0.25, 0.3) is 0 Å². The molecule has 0 amide bonds. The fourth-order valence-electron chi connectivity index (χ4n) is 1.51. The Hall–Kier alpha value is -0.410. The summed E-state index contributed by atoms with van der Waals surface area (Å²) >= 11 is 1.86. The van der Waals surface area contributed by atoms with E-state index in [1.807, 2.05) is 17.8 Å². The van der Waals surface area contributed by atoms with Crippen LogP contribution < -0.4 is 0 Å². The SMILES string of the molecule is OC(c1ccoc1)C1CCCS1. The van der Waals surface area contributed by atoms with Gasteiger partial charge in [0, 0.05) is 10.8 Å². The predicted molar refractivity (Wildman–Crippen MR) is 49.1 cm³/mol. The Bertz CT molecular complexity index is 227. The molecule has 1 aliphatic rings. The Labute approximate surface area is 76.0 Å². The maximum atomic E-state index is 9.83. The fraction of sp³-hybridized carbons (Fsp3) is 0.556. The summed E-state index contributed by atoms with van der Waals surface area (Å²) in [6.45, 7) is 0. The Morgan fingerprint density at radius 2 is 2.58 bits per heavy atom. The molecule has 2 heterocycles. The average Bonchev–Trinajstić information content (AvgIpc) is 2.77. The number of hydrogen-bond acceptors (Lipinski definition) is 3. The van der Waals surface area contributed by atoms with Crippen molar-refractivity contribution in [1.82, 2.24) is 0 Å². The molecule has 0 radical (unpaired) electrons. The van der Waals surface area contributed by atoms with Crippen LogP contribution in [0.2, 0.25) is 0 Å². The highest BCUT2D eigenvalue weighted by Gasteiger charge is 2.25. The van der Waals surface area contributed by atoms with Crippen molar-refractivity contribution < 1.29 is 9.52 Å². The third-order valence-electron chi connectivity index (χ3n) is 2.20. The molecular weight excluding hydrogens is 172 g/mol. The minimum Gasteiger partial charge on any atom is -0.472 e. The highest BCUT2D eigenvalue weighted by Crippen LogP contribution is 2.35. The number of rotatable bonds is 2. The van der Waals surface area contributed by atoms with Gasteiger partial charge in [0.05, 0.1) is 18.6 Å². The van der Waals surface area contributed by atoms with Gasteiger partial charge in [-0.3, -0.25) is 0 Å². The van der Waals surface area contributed by atoms with Crippen LogP contribution in [0.1, 0.15) is 24.5 Å². The van der Waals surface area contributed by atoms with Gasteiger partial charge < -0.3 is 9.52 Å². The highest BCUT2D eigenvalue weighted by molar-refractivity contribution is 8.00. The van der Waals surface area contributed by atoms with E-state index in [4.69, 9.17) is 4.42 Å². The first-order chi connectivity index (χ1) is 5.88. The van der Waals surface area contributed by atoms with Crippen LogP contribution in [0.5, 0.6) is 0 Å². The van der Waals surface area contributed by atoms with Crippen molar-refractivity contribution >= 4 is 11.8 Å². The van der Waals surface area contributed by atoms with Crippen LogP contribution in [-0.2, 0) is 0 Å². The molecule has 1 aliphatic heterocycles. The van der Waals surface area contributed by atoms with Crippen LogP contribution in [0.3, 0.4) is 0 Å². The van der Waals surface area contributed by atoms with Gasteiger partial charge in [0.15, 0.2) is 0 Å². The zero-order chi connectivity index (χ0) is 8.39. The minimum atomic E-state index is -0.337. The molecule has 0 bridgehead atoms. The fourth-order valence-corrected chi connectivity index (χ4v) is 2.82. The Kier molecular flexibility index (Phi) is 2.42. The number of thioether (sulfide) groups is 1. The van der Waals surface area contributed by atoms with E-state index in [1.54, 1.807) is 12.5 Å². The summed E-state index contributed by atoms with van der Waals surface area (Å²) in [5, 5.41) is 10.2. The smallest absolute Gasteiger partial charge is 0.0961 e. The average molecular weight is 184 g/mol. The second kappa shape index (κ2) is 3.54. The molecule has 2 rings (SSSR count). The third-order valence-corrected chi connectivity index (χ3v) is 3.65. The van der Waals surface area contributed by atoms with Crippen molar-refractivity contribution in [3.05, 3.63) is 24.2 Å². The van der Waals surface area contributed by atoms with Crippen LogP contribution in [0.25, 0.3) is 0 Å². The second-order valence-electron chi connectivity index (χ2n) is 3.05. The van der Waals surface area contributed by atoms with Crippen molar-refractivity contribution in [2.24, 2.45) is 0 Å². The predicted octanol–water partition coefficient (Wildman–Crippen LogP) is 2.21. The maximum Gasteiger partial charge on any atom is 0.0961 e. The second-order valence-corrected chi connectivity index (χ2v) is 4.40. The lowest BCUT2D eigenvalue weighted by Crippen LogP contribution is -2.10. The summed E-state index contributed by atoms with van der Waals surface area (Å²) in [5.41, 5.74) is 0.911. The largest absolute Gasteiger partial charge is 0.472 e. The third kappa shape index (κ3) is 1.52. The Balaban J connectivity index is 2.04. The van der Waals surface area contributed by atoms with E-state index in [0.717, 1.165) is 12.0 Å². The Morgan fingerprint density at radius 1 is 1.67 bits per heavy atom. The van der Waals surface area contributed by atoms with Crippen LogP contribution >= 0.6 is 11.8 Å². The summed E-state index contributed by atoms with van der Waals surface area (Å²) in [6, 6.07) is 1.84. The lowest BCUT2D eigenvalue weighted by molar-refractivity contribution is 0.172. The van der Waals surface area contributed by atoms with Crippen LogP contribution in [-0.4, -0.2) is 16.1 Å². The first-order valence-electron chi connectivity index (χ1n) is 4.19. The summed E-state index contributed by atoms with van der Waals surface area (Å²) in [4.78, 5) is 0. The molecule has 1 fully saturated rings. The molecule has 0 aliphatic carbocycles. The van der Waals surface area contributed by atoms with Crippen molar-refractivity contribution in [2.75, 3.05) is 5.75 Å². The van der Waals surface area contributed by atoms with Gasteiger partial charge in [-0.2, -0.15) is 11.8 Å². The number of hydrogen-bond donors (Lipinski definition) is 1. The summed E-state index contributed by atoms with van der Waals surface area (Å²) in [7, 11) is 0. The molecule has 1 saturated heterocycles. The summed E-state index contributed by atoms with van der Waals surface area (Å²) < 4.78 is 4.93. The molecule has 1 aromatic heterocycles. The van der Waals surface area contributed by atoms with Gasteiger partial charge in [-0.05, 0) is 24.7 Å². The van der Waals surface area contributed by atoms with Crippen LogP contribution in [0.4, 0.5) is 0 Å². The molecule has 2 atom stereocenters. The molecule has 1 N–H and O–H groups in total. The molecule has 2 unspecified atom stereocenters. The van der Waals surface area contributed by atoms with E-state index in [1.165, 1.54) is 12.2 Å². The first-order valence-corrected chi connectivity index (χ1v) is 5.24. The van der Waals surface area contributed by atoms with E-state index in [0.29, 0.717) is 5.25 Å². The van der Waals surface area contributed by atoms with E-state index < -0.39 is 0 Å². The number of furan rings is 1. The van der Waals surface area contributed by atoms with E-state index in [2.05, 4.69) is 0 Å². The molecule has 2 nitrogen and oxygen atoms in total. The quantitative estimate of drug-likeness (QED) is 0.765.